The molecule has 0 aliphatic carbocycles. The summed E-state index contributed by atoms with van der Waals surface area (Å²) < 4.78 is 10.5. The molecule has 0 saturated heterocycles. The molecule has 1 atom stereocenters. The molecule has 0 bridgehead atoms. The Balaban J connectivity index is 2.42. The standard InChI is InChI=1S/C24H39N5O5/c1-24(2,3)34-20(30)14-8-5-9-15-27-21(31)19(13-10-16-28-22(25)26)29-23(32)33-17-18-11-6-4-7-12-18/h4,6-7,11-12,19H,5,8-10,13-17H2,1-3H3,(H,27,31)(H,29,32)(H4,25,26,28)/t19-/m1/s1. The van der Waals surface area contributed by atoms with Crippen LogP contribution >= 0.6 is 0 Å². The van der Waals surface area contributed by atoms with E-state index < -0.39 is 17.7 Å². The minimum absolute atomic E-state index is 0.0254. The molecule has 10 heteroatoms. The summed E-state index contributed by atoms with van der Waals surface area (Å²) in [5, 5.41) is 5.45. The molecule has 6 N–H and O–H groups in total. The fraction of sp³-hybridized carbons (Fsp3) is 0.583. The van der Waals surface area contributed by atoms with Crippen molar-refractivity contribution in [3.05, 3.63) is 35.9 Å². The van der Waals surface area contributed by atoms with Crippen LogP contribution in [0.3, 0.4) is 0 Å². The Morgan fingerprint density at radius 1 is 1.03 bits per heavy atom. The lowest BCUT2D eigenvalue weighted by molar-refractivity contribution is -0.154. The van der Waals surface area contributed by atoms with E-state index in [1.807, 2.05) is 51.1 Å². The van der Waals surface area contributed by atoms with E-state index in [1.54, 1.807) is 0 Å². The van der Waals surface area contributed by atoms with Crippen LogP contribution in [0.5, 0.6) is 0 Å². The van der Waals surface area contributed by atoms with Crippen molar-refractivity contribution >= 4 is 23.9 Å². The van der Waals surface area contributed by atoms with Gasteiger partial charge in [0.25, 0.3) is 0 Å². The zero-order valence-electron chi connectivity index (χ0n) is 20.5. The lowest BCUT2D eigenvalue weighted by Gasteiger charge is -2.19. The van der Waals surface area contributed by atoms with Crippen LogP contribution in [0.25, 0.3) is 0 Å². The van der Waals surface area contributed by atoms with Gasteiger partial charge in [-0.3, -0.25) is 14.6 Å². The van der Waals surface area contributed by atoms with Crippen molar-refractivity contribution in [2.24, 2.45) is 16.5 Å². The van der Waals surface area contributed by atoms with Gasteiger partial charge < -0.3 is 31.6 Å². The molecule has 0 saturated carbocycles. The first-order chi connectivity index (χ1) is 16.1. The number of esters is 1. The van der Waals surface area contributed by atoms with Gasteiger partial charge in [0, 0.05) is 19.5 Å². The highest BCUT2D eigenvalue weighted by atomic mass is 16.6. The number of hydrogen-bond acceptors (Lipinski definition) is 6. The zero-order valence-corrected chi connectivity index (χ0v) is 20.5. The minimum atomic E-state index is -0.778. The van der Waals surface area contributed by atoms with Crippen LogP contribution in [-0.2, 0) is 25.7 Å². The van der Waals surface area contributed by atoms with E-state index in [1.165, 1.54) is 0 Å². The largest absolute Gasteiger partial charge is 0.460 e. The molecule has 0 aromatic heterocycles. The van der Waals surface area contributed by atoms with E-state index >= 15 is 0 Å². The second-order valence-corrected chi connectivity index (χ2v) is 8.90. The summed E-state index contributed by atoms with van der Waals surface area (Å²) in [6.07, 6.45) is 2.66. The summed E-state index contributed by atoms with van der Waals surface area (Å²) in [5.41, 5.74) is 11.0. The fourth-order valence-electron chi connectivity index (χ4n) is 2.98. The van der Waals surface area contributed by atoms with Gasteiger partial charge in [-0.05, 0) is 52.0 Å². The first-order valence-corrected chi connectivity index (χ1v) is 11.6. The number of carbonyl (C=O) groups excluding carboxylic acids is 3. The molecule has 10 nitrogen and oxygen atoms in total. The van der Waals surface area contributed by atoms with E-state index in [2.05, 4.69) is 15.6 Å². The van der Waals surface area contributed by atoms with Crippen molar-refractivity contribution in [3.63, 3.8) is 0 Å². The third kappa shape index (κ3) is 14.7. The van der Waals surface area contributed by atoms with Gasteiger partial charge in [0.2, 0.25) is 5.91 Å². The number of aliphatic imine (C=N–C) groups is 1. The van der Waals surface area contributed by atoms with Gasteiger partial charge in [-0.2, -0.15) is 0 Å². The minimum Gasteiger partial charge on any atom is -0.460 e. The first kappa shape index (κ1) is 28.7. The third-order valence-corrected chi connectivity index (χ3v) is 4.54. The number of hydrogen-bond donors (Lipinski definition) is 4. The van der Waals surface area contributed by atoms with Crippen molar-refractivity contribution in [2.75, 3.05) is 13.1 Å². The number of unbranched alkanes of at least 4 members (excludes halogenated alkanes) is 2. The maximum atomic E-state index is 12.6. The molecule has 190 valence electrons. The highest BCUT2D eigenvalue weighted by Gasteiger charge is 2.21. The van der Waals surface area contributed by atoms with Gasteiger partial charge in [0.1, 0.15) is 18.2 Å². The van der Waals surface area contributed by atoms with Crippen LogP contribution in [-0.4, -0.2) is 48.7 Å². The number of carbonyl (C=O) groups is 3. The summed E-state index contributed by atoms with van der Waals surface area (Å²) in [7, 11) is 0. The molecule has 1 rings (SSSR count). The van der Waals surface area contributed by atoms with Gasteiger partial charge in [0.15, 0.2) is 5.96 Å². The number of nitrogens with two attached hydrogens (primary N) is 2. The molecule has 0 aliphatic rings. The molecular weight excluding hydrogens is 438 g/mol. The number of alkyl carbamates (subject to hydrolysis) is 1. The van der Waals surface area contributed by atoms with Gasteiger partial charge in [-0.15, -0.1) is 0 Å². The normalized spacial score (nSPS) is 11.7. The number of nitrogens with zero attached hydrogens (tertiary/aromatic N) is 1. The van der Waals surface area contributed by atoms with Gasteiger partial charge in [-0.25, -0.2) is 4.79 Å². The van der Waals surface area contributed by atoms with Crippen LogP contribution in [0.4, 0.5) is 4.79 Å². The van der Waals surface area contributed by atoms with Crippen LogP contribution in [0.2, 0.25) is 0 Å². The van der Waals surface area contributed by atoms with Crippen molar-refractivity contribution in [1.29, 1.82) is 0 Å². The van der Waals surface area contributed by atoms with E-state index in [9.17, 15) is 14.4 Å². The van der Waals surface area contributed by atoms with Crippen LogP contribution in [0.1, 0.15) is 64.9 Å². The van der Waals surface area contributed by atoms with Crippen molar-refractivity contribution in [1.82, 2.24) is 10.6 Å². The number of amides is 2. The van der Waals surface area contributed by atoms with Gasteiger partial charge >= 0.3 is 12.1 Å². The lowest BCUT2D eigenvalue weighted by atomic mass is 10.1. The molecule has 1 aromatic rings. The Morgan fingerprint density at radius 2 is 1.74 bits per heavy atom. The number of benzene rings is 1. The summed E-state index contributed by atoms with van der Waals surface area (Å²) in [6, 6.07) is 8.48. The molecule has 1 aromatic carbocycles. The summed E-state index contributed by atoms with van der Waals surface area (Å²) in [5.74, 6) is -0.563. The molecule has 0 aliphatic heterocycles. The van der Waals surface area contributed by atoms with Gasteiger partial charge in [0.05, 0.1) is 0 Å². The predicted molar refractivity (Wildman–Crippen MR) is 131 cm³/mol. The summed E-state index contributed by atoms with van der Waals surface area (Å²) in [6.45, 7) is 6.38. The van der Waals surface area contributed by atoms with E-state index in [4.69, 9.17) is 20.9 Å². The molecule has 0 radical (unpaired) electrons. The number of ether oxygens (including phenoxy) is 2. The monoisotopic (exact) mass is 477 g/mol. The Labute approximate surface area is 201 Å². The Kier molecular flexibility index (Phi) is 13.1. The highest BCUT2D eigenvalue weighted by Crippen LogP contribution is 2.10. The van der Waals surface area contributed by atoms with Crippen molar-refractivity contribution < 1.29 is 23.9 Å². The maximum absolute atomic E-state index is 12.6. The topological polar surface area (TPSA) is 158 Å². The smallest absolute Gasteiger partial charge is 0.408 e. The molecule has 0 fully saturated rings. The molecule has 0 unspecified atom stereocenters. The zero-order chi connectivity index (χ0) is 25.4. The van der Waals surface area contributed by atoms with Crippen molar-refractivity contribution in [2.45, 2.75) is 77.5 Å². The fourth-order valence-corrected chi connectivity index (χ4v) is 2.98. The Bertz CT molecular complexity index is 789. The van der Waals surface area contributed by atoms with Crippen LogP contribution < -0.4 is 22.1 Å². The molecular formula is C24H39N5O5. The second-order valence-electron chi connectivity index (χ2n) is 8.90. The Hall–Kier alpha value is -3.30. The number of rotatable bonds is 14. The molecule has 2 amide bonds. The van der Waals surface area contributed by atoms with E-state index in [0.29, 0.717) is 45.2 Å². The van der Waals surface area contributed by atoms with Crippen molar-refractivity contribution in [3.8, 4) is 0 Å². The summed E-state index contributed by atoms with van der Waals surface area (Å²) in [4.78, 5) is 40.5. The quantitative estimate of drug-likeness (QED) is 0.139. The SMILES string of the molecule is CC(C)(C)OC(=O)CCCCCNC(=O)[C@@H](CCCN=C(N)N)NC(=O)OCc1ccccc1. The Morgan fingerprint density at radius 3 is 2.38 bits per heavy atom. The molecule has 34 heavy (non-hydrogen) atoms. The average molecular weight is 478 g/mol. The van der Waals surface area contributed by atoms with Gasteiger partial charge in [-0.1, -0.05) is 36.8 Å². The predicted octanol–water partition coefficient (Wildman–Crippen LogP) is 2.35. The molecule has 0 spiro atoms. The summed E-state index contributed by atoms with van der Waals surface area (Å²) >= 11 is 0. The van der Waals surface area contributed by atoms with Crippen LogP contribution in [0.15, 0.2) is 35.3 Å². The van der Waals surface area contributed by atoms with Crippen LogP contribution in [0, 0.1) is 0 Å². The van der Waals surface area contributed by atoms with E-state index in [-0.39, 0.29) is 24.4 Å². The average Bonchev–Trinajstić information content (AvgIpc) is 2.76. The van der Waals surface area contributed by atoms with E-state index in [0.717, 1.165) is 12.0 Å². The highest BCUT2D eigenvalue weighted by molar-refractivity contribution is 5.85. The maximum Gasteiger partial charge on any atom is 0.408 e. The second kappa shape index (κ2) is 15.5. The number of nitrogens with one attached hydrogen (secondary N) is 2. The third-order valence-electron chi connectivity index (χ3n) is 4.54. The lowest BCUT2D eigenvalue weighted by Crippen LogP contribution is -2.47. The number of guanidine groups is 1. The first-order valence-electron chi connectivity index (χ1n) is 11.6. The molecule has 0 heterocycles.